The van der Waals surface area contributed by atoms with Crippen LogP contribution in [0, 0.1) is 5.92 Å². The van der Waals surface area contributed by atoms with Crippen molar-refractivity contribution in [1.29, 1.82) is 0 Å². The molecule has 1 heterocycles. The molecular formula is C22H26N2O5S2. The number of carbonyl (C=O) groups is 1. The lowest BCUT2D eigenvalue weighted by molar-refractivity contribution is -0.111. The Balaban J connectivity index is 1.58. The lowest BCUT2D eigenvalue weighted by Gasteiger charge is -2.12. The molecule has 31 heavy (non-hydrogen) atoms. The van der Waals surface area contributed by atoms with Crippen molar-refractivity contribution < 1.29 is 23.4 Å². The van der Waals surface area contributed by atoms with Gasteiger partial charge >= 0.3 is 0 Å². The number of anilines is 1. The second-order valence-corrected chi connectivity index (χ2v) is 11.2. The van der Waals surface area contributed by atoms with Gasteiger partial charge in [-0.2, -0.15) is 0 Å². The molecule has 0 saturated heterocycles. The van der Waals surface area contributed by atoms with Gasteiger partial charge in [0, 0.05) is 11.0 Å². The largest absolute Gasteiger partial charge is 0.393 e. The van der Waals surface area contributed by atoms with E-state index in [0.717, 1.165) is 25.7 Å². The number of allylic oxidation sites excluding steroid dienone is 1. The van der Waals surface area contributed by atoms with Crippen LogP contribution < -0.4 is 5.32 Å². The average Bonchev–Trinajstić information content (AvgIpc) is 3.33. The molecule has 2 aliphatic rings. The van der Waals surface area contributed by atoms with E-state index in [9.17, 15) is 18.3 Å². The third kappa shape index (κ3) is 5.06. The number of amides is 1. The Bertz CT molecular complexity index is 1070. The molecule has 1 atom stereocenters. The molecule has 0 radical (unpaired) electrons. The van der Waals surface area contributed by atoms with Crippen molar-refractivity contribution in [3.63, 3.8) is 0 Å². The zero-order valence-electron chi connectivity index (χ0n) is 17.0. The first-order valence-corrected chi connectivity index (χ1v) is 12.9. The molecule has 4 rings (SSSR count). The van der Waals surface area contributed by atoms with Crippen LogP contribution >= 0.6 is 11.3 Å². The molecule has 166 valence electrons. The fourth-order valence-corrected chi connectivity index (χ4v) is 6.22. The van der Waals surface area contributed by atoms with Crippen LogP contribution in [-0.2, 0) is 14.6 Å². The maximum absolute atomic E-state index is 13.1. The fourth-order valence-electron chi connectivity index (χ4n) is 3.81. The van der Waals surface area contributed by atoms with Gasteiger partial charge in [-0.1, -0.05) is 31.1 Å². The summed E-state index contributed by atoms with van der Waals surface area (Å²) in [5.74, 6) is -0.0252. The van der Waals surface area contributed by atoms with Gasteiger partial charge in [-0.05, 0) is 49.3 Å². The average molecular weight is 463 g/mol. The van der Waals surface area contributed by atoms with E-state index in [2.05, 4.69) is 10.3 Å². The highest BCUT2D eigenvalue weighted by atomic mass is 32.2. The molecule has 9 heteroatoms. The predicted octanol–water partition coefficient (Wildman–Crippen LogP) is 3.32. The van der Waals surface area contributed by atoms with Crippen molar-refractivity contribution in [2.24, 2.45) is 5.92 Å². The van der Waals surface area contributed by atoms with E-state index >= 15 is 0 Å². The van der Waals surface area contributed by atoms with Crippen LogP contribution in [0.2, 0.25) is 0 Å². The summed E-state index contributed by atoms with van der Waals surface area (Å²) in [6.45, 7) is -0.444. The molecule has 1 unspecified atom stereocenters. The first kappa shape index (κ1) is 22.1. The van der Waals surface area contributed by atoms with E-state index in [-0.39, 0.29) is 11.2 Å². The SMILES string of the molecule is O=C(Nc1nc(C(O)CO)cs1)C(=CC1CCCC1)c1ccc(S(=O)(=O)C2CC2)cc1. The summed E-state index contributed by atoms with van der Waals surface area (Å²) < 4.78 is 24.9. The molecule has 2 aromatic rings. The van der Waals surface area contributed by atoms with E-state index in [4.69, 9.17) is 5.11 Å². The number of aliphatic hydroxyl groups is 2. The Morgan fingerprint density at radius 3 is 2.48 bits per heavy atom. The van der Waals surface area contributed by atoms with Crippen LogP contribution in [0.4, 0.5) is 5.13 Å². The third-order valence-corrected chi connectivity index (χ3v) is 8.81. The summed E-state index contributed by atoms with van der Waals surface area (Å²) in [4.78, 5) is 17.6. The lowest BCUT2D eigenvalue weighted by atomic mass is 9.98. The summed E-state index contributed by atoms with van der Waals surface area (Å²) in [6.07, 6.45) is 6.61. The maximum Gasteiger partial charge on any atom is 0.257 e. The zero-order chi connectivity index (χ0) is 22.0. The zero-order valence-corrected chi connectivity index (χ0v) is 18.7. The van der Waals surface area contributed by atoms with Crippen LogP contribution in [0.25, 0.3) is 5.57 Å². The number of sulfone groups is 1. The molecule has 1 amide bonds. The van der Waals surface area contributed by atoms with Gasteiger partial charge in [-0.15, -0.1) is 11.3 Å². The molecule has 1 aromatic carbocycles. The number of aromatic nitrogens is 1. The minimum absolute atomic E-state index is 0.275. The first-order valence-electron chi connectivity index (χ1n) is 10.5. The number of rotatable bonds is 8. The van der Waals surface area contributed by atoms with Crippen LogP contribution in [0.1, 0.15) is 55.9 Å². The van der Waals surface area contributed by atoms with Gasteiger partial charge in [0.15, 0.2) is 15.0 Å². The summed E-state index contributed by atoms with van der Waals surface area (Å²) in [5.41, 5.74) is 1.45. The highest BCUT2D eigenvalue weighted by Crippen LogP contribution is 2.35. The normalized spacial score (nSPS) is 18.8. The molecule has 0 spiro atoms. The maximum atomic E-state index is 13.1. The smallest absolute Gasteiger partial charge is 0.257 e. The second kappa shape index (κ2) is 9.20. The number of hydrogen-bond acceptors (Lipinski definition) is 7. The number of nitrogens with one attached hydrogen (secondary N) is 1. The van der Waals surface area contributed by atoms with E-state index in [0.29, 0.717) is 45.6 Å². The fraction of sp³-hybridized carbons (Fsp3) is 0.455. The van der Waals surface area contributed by atoms with Gasteiger partial charge in [-0.3, -0.25) is 10.1 Å². The molecule has 2 fully saturated rings. The first-order chi connectivity index (χ1) is 14.9. The quantitative estimate of drug-likeness (QED) is 0.518. The monoisotopic (exact) mass is 462 g/mol. The molecule has 3 N–H and O–H groups in total. The van der Waals surface area contributed by atoms with Gasteiger partial charge in [0.05, 0.1) is 22.4 Å². The second-order valence-electron chi connectivity index (χ2n) is 8.12. The highest BCUT2D eigenvalue weighted by molar-refractivity contribution is 7.92. The molecule has 1 aromatic heterocycles. The Kier molecular flexibility index (Phi) is 6.57. The Morgan fingerprint density at radius 1 is 1.19 bits per heavy atom. The number of hydrogen-bond donors (Lipinski definition) is 3. The molecule has 0 aliphatic heterocycles. The predicted molar refractivity (Wildman–Crippen MR) is 119 cm³/mol. The van der Waals surface area contributed by atoms with Crippen molar-refractivity contribution >= 4 is 37.8 Å². The minimum Gasteiger partial charge on any atom is -0.393 e. The van der Waals surface area contributed by atoms with Gasteiger partial charge in [0.2, 0.25) is 0 Å². The number of aliphatic hydroxyl groups excluding tert-OH is 2. The van der Waals surface area contributed by atoms with Gasteiger partial charge in [0.1, 0.15) is 6.10 Å². The number of carbonyl (C=O) groups excluding carboxylic acids is 1. The lowest BCUT2D eigenvalue weighted by Crippen LogP contribution is -2.15. The summed E-state index contributed by atoms with van der Waals surface area (Å²) in [6, 6.07) is 6.55. The van der Waals surface area contributed by atoms with E-state index in [1.807, 2.05) is 6.08 Å². The Hall–Kier alpha value is -2.07. The van der Waals surface area contributed by atoms with Crippen LogP contribution in [-0.4, -0.2) is 41.4 Å². The molecule has 7 nitrogen and oxygen atoms in total. The van der Waals surface area contributed by atoms with E-state index in [1.54, 1.807) is 29.6 Å². The van der Waals surface area contributed by atoms with Crippen molar-refractivity contribution in [1.82, 2.24) is 4.98 Å². The molecule has 2 saturated carbocycles. The number of nitrogens with zero attached hydrogens (tertiary/aromatic N) is 1. The molecular weight excluding hydrogens is 436 g/mol. The standard InChI is InChI=1S/C22H26N2O5S2/c25-12-20(26)19-13-30-22(23-19)24-21(27)18(11-14-3-1-2-4-14)15-5-7-16(8-6-15)31(28,29)17-9-10-17/h5-8,11,13-14,17,20,25-26H,1-4,9-10,12H2,(H,23,24,27). The number of thiazole rings is 1. The van der Waals surface area contributed by atoms with Gasteiger partial charge in [-0.25, -0.2) is 13.4 Å². The summed E-state index contributed by atoms with van der Waals surface area (Å²) in [7, 11) is -3.28. The summed E-state index contributed by atoms with van der Waals surface area (Å²) in [5, 5.41) is 23.2. The van der Waals surface area contributed by atoms with Gasteiger partial charge in [0.25, 0.3) is 5.91 Å². The Labute approximate surface area is 185 Å². The van der Waals surface area contributed by atoms with Crippen molar-refractivity contribution in [3.8, 4) is 0 Å². The topological polar surface area (TPSA) is 117 Å². The minimum atomic E-state index is -3.28. The van der Waals surface area contributed by atoms with Crippen LogP contribution in [0.3, 0.4) is 0 Å². The van der Waals surface area contributed by atoms with Crippen LogP contribution in [0.5, 0.6) is 0 Å². The van der Waals surface area contributed by atoms with E-state index < -0.39 is 22.5 Å². The van der Waals surface area contributed by atoms with Crippen molar-refractivity contribution in [2.75, 3.05) is 11.9 Å². The molecule has 0 bridgehead atoms. The highest BCUT2D eigenvalue weighted by Gasteiger charge is 2.36. The van der Waals surface area contributed by atoms with Crippen molar-refractivity contribution in [2.45, 2.75) is 54.8 Å². The van der Waals surface area contributed by atoms with Crippen LogP contribution in [0.15, 0.2) is 40.6 Å². The Morgan fingerprint density at radius 2 is 1.87 bits per heavy atom. The van der Waals surface area contributed by atoms with Crippen molar-refractivity contribution in [3.05, 3.63) is 47.0 Å². The third-order valence-electron chi connectivity index (χ3n) is 5.76. The molecule has 2 aliphatic carbocycles. The summed E-state index contributed by atoms with van der Waals surface area (Å²) >= 11 is 1.17. The number of benzene rings is 1. The van der Waals surface area contributed by atoms with E-state index in [1.165, 1.54) is 11.3 Å². The van der Waals surface area contributed by atoms with Gasteiger partial charge < -0.3 is 10.2 Å².